The van der Waals surface area contributed by atoms with Crippen molar-refractivity contribution in [2.45, 2.75) is 19.4 Å². The monoisotopic (exact) mass is 214 g/mol. The molecule has 0 radical (unpaired) electrons. The van der Waals surface area contributed by atoms with Gasteiger partial charge in [-0.25, -0.2) is 5.84 Å². The fraction of sp³-hybridized carbons (Fsp3) is 0.900. The Morgan fingerprint density at radius 3 is 2.80 bits per heavy atom. The summed E-state index contributed by atoms with van der Waals surface area (Å²) in [5.41, 5.74) is 2.20. The molecular weight excluding hydrogens is 192 g/mol. The first kappa shape index (κ1) is 12.4. The lowest BCUT2D eigenvalue weighted by molar-refractivity contribution is -0.125. The molecule has 2 atom stereocenters. The molecule has 0 aromatic carbocycles. The van der Waals surface area contributed by atoms with Crippen LogP contribution in [0.5, 0.6) is 0 Å². The predicted molar refractivity (Wildman–Crippen MR) is 60.0 cm³/mol. The quantitative estimate of drug-likeness (QED) is 0.367. The van der Waals surface area contributed by atoms with Gasteiger partial charge in [-0.2, -0.15) is 0 Å². The molecule has 0 aromatic rings. The molecular formula is C10H22N4O. The smallest absolute Gasteiger partial charge is 0.237 e. The summed E-state index contributed by atoms with van der Waals surface area (Å²) in [6.45, 7) is 4.83. The van der Waals surface area contributed by atoms with Gasteiger partial charge < -0.3 is 9.80 Å². The van der Waals surface area contributed by atoms with Crippen LogP contribution in [0.3, 0.4) is 0 Å². The second kappa shape index (κ2) is 5.44. The Hall–Kier alpha value is -0.650. The summed E-state index contributed by atoms with van der Waals surface area (Å²) in [5, 5.41) is 0. The van der Waals surface area contributed by atoms with Crippen molar-refractivity contribution in [1.82, 2.24) is 15.2 Å². The Balaban J connectivity index is 2.32. The Bertz CT molecular complexity index is 219. The Morgan fingerprint density at radius 1 is 1.67 bits per heavy atom. The summed E-state index contributed by atoms with van der Waals surface area (Å²) in [7, 11) is 4.20. The molecule has 88 valence electrons. The number of hydrogen-bond donors (Lipinski definition) is 2. The molecule has 0 spiro atoms. The maximum Gasteiger partial charge on any atom is 0.237 e. The van der Waals surface area contributed by atoms with E-state index >= 15 is 0 Å². The van der Waals surface area contributed by atoms with E-state index < -0.39 is 0 Å². The van der Waals surface area contributed by atoms with E-state index in [0.29, 0.717) is 6.04 Å². The van der Waals surface area contributed by atoms with E-state index in [9.17, 15) is 4.79 Å². The van der Waals surface area contributed by atoms with Gasteiger partial charge in [0.05, 0.1) is 0 Å². The molecule has 1 amide bonds. The summed E-state index contributed by atoms with van der Waals surface area (Å²) in [6, 6.07) is 0.623. The first-order valence-corrected chi connectivity index (χ1v) is 5.43. The lowest BCUT2D eigenvalue weighted by Crippen LogP contribution is -2.40. The van der Waals surface area contributed by atoms with Gasteiger partial charge in [0.1, 0.15) is 0 Å². The summed E-state index contributed by atoms with van der Waals surface area (Å²) in [5.74, 6) is 4.98. The molecule has 0 aromatic heterocycles. The van der Waals surface area contributed by atoms with E-state index in [-0.39, 0.29) is 11.8 Å². The summed E-state index contributed by atoms with van der Waals surface area (Å²) in [4.78, 5) is 15.8. The van der Waals surface area contributed by atoms with Crippen molar-refractivity contribution < 1.29 is 4.79 Å². The van der Waals surface area contributed by atoms with Gasteiger partial charge in [0.2, 0.25) is 5.91 Å². The van der Waals surface area contributed by atoms with Gasteiger partial charge in [-0.3, -0.25) is 10.2 Å². The third-order valence-corrected chi connectivity index (χ3v) is 3.10. The van der Waals surface area contributed by atoms with E-state index in [1.54, 1.807) is 0 Å². The minimum absolute atomic E-state index is 0.0316. The van der Waals surface area contributed by atoms with Crippen LogP contribution in [0, 0.1) is 5.92 Å². The molecule has 1 aliphatic rings. The number of carbonyl (C=O) groups is 1. The number of carbonyl (C=O) groups excluding carboxylic acids is 1. The van der Waals surface area contributed by atoms with Gasteiger partial charge >= 0.3 is 0 Å². The Kier molecular flexibility index (Phi) is 4.50. The number of rotatable bonds is 4. The topological polar surface area (TPSA) is 61.6 Å². The molecule has 0 bridgehead atoms. The minimum atomic E-state index is -0.0803. The Labute approximate surface area is 91.6 Å². The van der Waals surface area contributed by atoms with Crippen LogP contribution < -0.4 is 11.3 Å². The standard InChI is InChI=1S/C10H22N4O/c1-8(10(15)12-11)6-14-5-4-9(7-14)13(2)3/h8-9H,4-7,11H2,1-3H3,(H,12,15). The highest BCUT2D eigenvalue weighted by Gasteiger charge is 2.26. The number of likely N-dealkylation sites (tertiary alicyclic amines) is 1. The zero-order chi connectivity index (χ0) is 11.4. The molecule has 15 heavy (non-hydrogen) atoms. The van der Waals surface area contributed by atoms with Crippen molar-refractivity contribution in [3.05, 3.63) is 0 Å². The van der Waals surface area contributed by atoms with Crippen LogP contribution in [0.15, 0.2) is 0 Å². The fourth-order valence-corrected chi connectivity index (χ4v) is 2.01. The van der Waals surface area contributed by atoms with Crippen molar-refractivity contribution >= 4 is 5.91 Å². The number of amides is 1. The van der Waals surface area contributed by atoms with E-state index in [2.05, 4.69) is 29.3 Å². The number of nitrogens with zero attached hydrogens (tertiary/aromatic N) is 2. The highest BCUT2D eigenvalue weighted by Crippen LogP contribution is 2.14. The van der Waals surface area contributed by atoms with E-state index in [1.165, 1.54) is 6.42 Å². The normalized spacial score (nSPS) is 24.5. The third kappa shape index (κ3) is 3.44. The summed E-state index contributed by atoms with van der Waals surface area (Å²) < 4.78 is 0. The second-order valence-corrected chi connectivity index (χ2v) is 4.58. The van der Waals surface area contributed by atoms with Crippen molar-refractivity contribution in [1.29, 1.82) is 0 Å². The molecule has 0 saturated carbocycles. The van der Waals surface area contributed by atoms with Crippen LogP contribution in [-0.2, 0) is 4.79 Å². The summed E-state index contributed by atoms with van der Waals surface area (Å²) >= 11 is 0. The zero-order valence-corrected chi connectivity index (χ0v) is 9.86. The minimum Gasteiger partial charge on any atom is -0.305 e. The highest BCUT2D eigenvalue weighted by molar-refractivity contribution is 5.77. The number of likely N-dealkylation sites (N-methyl/N-ethyl adjacent to an activating group) is 1. The van der Waals surface area contributed by atoms with Crippen LogP contribution in [0.4, 0.5) is 0 Å². The van der Waals surface area contributed by atoms with Crippen molar-refractivity contribution in [2.75, 3.05) is 33.7 Å². The van der Waals surface area contributed by atoms with Crippen LogP contribution in [0.1, 0.15) is 13.3 Å². The van der Waals surface area contributed by atoms with Crippen LogP contribution >= 0.6 is 0 Å². The van der Waals surface area contributed by atoms with Crippen LogP contribution in [0.2, 0.25) is 0 Å². The van der Waals surface area contributed by atoms with Gasteiger partial charge in [-0.15, -0.1) is 0 Å². The molecule has 1 aliphatic heterocycles. The molecule has 5 nitrogen and oxygen atoms in total. The van der Waals surface area contributed by atoms with Gasteiger partial charge in [0, 0.05) is 25.0 Å². The van der Waals surface area contributed by atoms with Gasteiger partial charge in [-0.05, 0) is 27.1 Å². The lowest BCUT2D eigenvalue weighted by atomic mass is 10.1. The zero-order valence-electron chi connectivity index (χ0n) is 9.86. The number of nitrogens with one attached hydrogen (secondary N) is 1. The first-order valence-electron chi connectivity index (χ1n) is 5.43. The van der Waals surface area contributed by atoms with Crippen LogP contribution in [-0.4, -0.2) is 55.5 Å². The molecule has 1 rings (SSSR count). The van der Waals surface area contributed by atoms with Gasteiger partial charge in [0.15, 0.2) is 0 Å². The van der Waals surface area contributed by atoms with E-state index in [1.807, 2.05) is 6.92 Å². The Morgan fingerprint density at radius 2 is 2.33 bits per heavy atom. The van der Waals surface area contributed by atoms with Gasteiger partial charge in [-0.1, -0.05) is 6.92 Å². The lowest BCUT2D eigenvalue weighted by Gasteiger charge is -2.22. The molecule has 1 fully saturated rings. The molecule has 5 heteroatoms. The van der Waals surface area contributed by atoms with Crippen molar-refractivity contribution in [3.63, 3.8) is 0 Å². The van der Waals surface area contributed by atoms with Gasteiger partial charge in [0.25, 0.3) is 0 Å². The molecule has 3 N–H and O–H groups in total. The van der Waals surface area contributed by atoms with Crippen molar-refractivity contribution in [3.8, 4) is 0 Å². The average Bonchev–Trinajstić information content (AvgIpc) is 2.65. The van der Waals surface area contributed by atoms with E-state index in [4.69, 9.17) is 5.84 Å². The highest BCUT2D eigenvalue weighted by atomic mass is 16.2. The third-order valence-electron chi connectivity index (χ3n) is 3.10. The molecule has 1 saturated heterocycles. The number of nitrogens with two attached hydrogens (primary N) is 1. The van der Waals surface area contributed by atoms with Crippen LogP contribution in [0.25, 0.3) is 0 Å². The van der Waals surface area contributed by atoms with Crippen molar-refractivity contribution in [2.24, 2.45) is 11.8 Å². The van der Waals surface area contributed by atoms with E-state index in [0.717, 1.165) is 19.6 Å². The maximum atomic E-state index is 11.2. The largest absolute Gasteiger partial charge is 0.305 e. The SMILES string of the molecule is CC(CN1CCC(N(C)C)C1)C(=O)NN. The first-order chi connectivity index (χ1) is 7.04. The molecule has 0 aliphatic carbocycles. The second-order valence-electron chi connectivity index (χ2n) is 4.58. The fourth-order valence-electron chi connectivity index (χ4n) is 2.01. The maximum absolute atomic E-state index is 11.2. The number of hydrogen-bond acceptors (Lipinski definition) is 4. The molecule has 1 heterocycles. The predicted octanol–water partition coefficient (Wildman–Crippen LogP) is -0.752. The summed E-state index contributed by atoms with van der Waals surface area (Å²) in [6.07, 6.45) is 1.18. The average molecular weight is 214 g/mol. The molecule has 2 unspecified atom stereocenters. The number of hydrazine groups is 1.